The van der Waals surface area contributed by atoms with Crippen LogP contribution in [0.5, 0.6) is 0 Å². The van der Waals surface area contributed by atoms with Crippen LogP contribution in [0.2, 0.25) is 0 Å². The Morgan fingerprint density at radius 3 is 2.33 bits per heavy atom. The number of unbranched alkanes of at least 4 members (excludes halogenated alkanes) is 1. The summed E-state index contributed by atoms with van der Waals surface area (Å²) < 4.78 is 0. The minimum absolute atomic E-state index is 0. The first-order valence-corrected chi connectivity index (χ1v) is 3.60. The molecule has 1 atom stereocenters. The Kier molecular flexibility index (Phi) is 11.9. The van der Waals surface area contributed by atoms with Gasteiger partial charge in [-0.3, -0.25) is 0 Å². The summed E-state index contributed by atoms with van der Waals surface area (Å²) in [5, 5.41) is 0. The molecule has 0 heterocycles. The van der Waals surface area contributed by atoms with Crippen LogP contribution in [0.4, 0.5) is 0 Å². The largest absolute Gasteiger partial charge is 0.343 e. The molecule has 0 saturated carbocycles. The Bertz CT molecular complexity index is 43.8. The van der Waals surface area contributed by atoms with Crippen LogP contribution in [0.15, 0.2) is 0 Å². The van der Waals surface area contributed by atoms with Crippen molar-refractivity contribution in [2.24, 2.45) is 5.92 Å². The van der Waals surface area contributed by atoms with E-state index in [4.69, 9.17) is 0 Å². The quantitative estimate of drug-likeness (QED) is 0.700. The Balaban J connectivity index is 0. The molecule has 0 rings (SSSR count). The zero-order valence-electron chi connectivity index (χ0n) is 6.52. The van der Waals surface area contributed by atoms with Crippen molar-refractivity contribution in [1.82, 2.24) is 0 Å². The fourth-order valence-corrected chi connectivity index (χ4v) is 0.697. The van der Waals surface area contributed by atoms with Crippen molar-refractivity contribution in [3.8, 4) is 0 Å². The third kappa shape index (κ3) is 8.69. The van der Waals surface area contributed by atoms with Gasteiger partial charge in [0.2, 0.25) is 0 Å². The van der Waals surface area contributed by atoms with Crippen molar-refractivity contribution in [2.75, 3.05) is 0 Å². The van der Waals surface area contributed by atoms with E-state index in [0.717, 1.165) is 12.3 Å². The third-order valence-electron chi connectivity index (χ3n) is 1.64. The van der Waals surface area contributed by atoms with Gasteiger partial charge in [-0.15, -0.1) is 0 Å². The summed E-state index contributed by atoms with van der Waals surface area (Å²) in [7, 11) is 0. The second-order valence-electron chi connectivity index (χ2n) is 2.51. The van der Waals surface area contributed by atoms with Crippen LogP contribution in [0.25, 0.3) is 0 Å². The maximum absolute atomic E-state index is 3.79. The Hall–Kier alpha value is 0.688. The molecule has 0 N–H and O–H groups in total. The molecular formula is C8H17W-. The fraction of sp³-hybridized carbons (Fsp3) is 0.875. The normalized spacial score (nSPS) is 12.3. The van der Waals surface area contributed by atoms with E-state index in [1.165, 1.54) is 19.3 Å². The van der Waals surface area contributed by atoms with Crippen molar-refractivity contribution in [1.29, 1.82) is 0 Å². The zero-order valence-corrected chi connectivity index (χ0v) is 9.45. The van der Waals surface area contributed by atoms with Gasteiger partial charge in [0.1, 0.15) is 0 Å². The van der Waals surface area contributed by atoms with Gasteiger partial charge in [-0.1, -0.05) is 33.1 Å². The van der Waals surface area contributed by atoms with Crippen molar-refractivity contribution in [3.63, 3.8) is 0 Å². The molecule has 0 nitrogen and oxygen atoms in total. The molecule has 0 radical (unpaired) electrons. The van der Waals surface area contributed by atoms with E-state index < -0.39 is 0 Å². The van der Waals surface area contributed by atoms with Gasteiger partial charge in [-0.2, -0.15) is 6.42 Å². The SMILES string of the molecule is [CH2-]CCCC(C)CC.[W]. The van der Waals surface area contributed by atoms with E-state index in [9.17, 15) is 0 Å². The van der Waals surface area contributed by atoms with Gasteiger partial charge in [0.15, 0.2) is 0 Å². The number of rotatable bonds is 4. The fourth-order valence-electron chi connectivity index (χ4n) is 0.697. The third-order valence-corrected chi connectivity index (χ3v) is 1.64. The molecule has 0 aliphatic carbocycles. The molecule has 0 aliphatic heterocycles. The molecule has 0 amide bonds. The summed E-state index contributed by atoms with van der Waals surface area (Å²) in [6, 6.07) is 0. The van der Waals surface area contributed by atoms with Crippen LogP contribution in [0, 0.1) is 12.8 Å². The molecule has 0 aromatic carbocycles. The van der Waals surface area contributed by atoms with E-state index in [1.807, 2.05) is 0 Å². The molecular weight excluding hydrogens is 280 g/mol. The van der Waals surface area contributed by atoms with Gasteiger partial charge in [-0.05, 0) is 5.92 Å². The van der Waals surface area contributed by atoms with Gasteiger partial charge in [-0.25, -0.2) is 0 Å². The van der Waals surface area contributed by atoms with Crippen LogP contribution in [-0.4, -0.2) is 0 Å². The minimum atomic E-state index is 0. The standard InChI is InChI=1S/C8H17.W/c1-4-6-7-8(3)5-2;/h8H,1,4-7H2,2-3H3;/q-1;. The van der Waals surface area contributed by atoms with Gasteiger partial charge < -0.3 is 6.92 Å². The van der Waals surface area contributed by atoms with Crippen molar-refractivity contribution in [2.45, 2.75) is 39.5 Å². The smallest absolute Gasteiger partial charge is 0 e. The summed E-state index contributed by atoms with van der Waals surface area (Å²) in [4.78, 5) is 0. The number of hydrogen-bond acceptors (Lipinski definition) is 0. The molecule has 1 unspecified atom stereocenters. The van der Waals surface area contributed by atoms with Crippen LogP contribution >= 0.6 is 0 Å². The van der Waals surface area contributed by atoms with Crippen molar-refractivity contribution in [3.05, 3.63) is 6.92 Å². The Morgan fingerprint density at radius 1 is 1.44 bits per heavy atom. The Labute approximate surface area is 73.7 Å². The molecule has 1 heteroatoms. The maximum Gasteiger partial charge on any atom is 0 e. The van der Waals surface area contributed by atoms with E-state index in [2.05, 4.69) is 20.8 Å². The van der Waals surface area contributed by atoms with E-state index in [1.54, 1.807) is 0 Å². The molecule has 0 saturated heterocycles. The molecule has 0 fully saturated rings. The summed E-state index contributed by atoms with van der Waals surface area (Å²) in [6.45, 7) is 8.34. The van der Waals surface area contributed by atoms with Crippen LogP contribution in [-0.2, 0) is 21.1 Å². The molecule has 0 aromatic heterocycles. The first kappa shape index (κ1) is 12.4. The van der Waals surface area contributed by atoms with E-state index in [-0.39, 0.29) is 21.1 Å². The Morgan fingerprint density at radius 2 is 2.00 bits per heavy atom. The molecule has 0 aliphatic rings. The van der Waals surface area contributed by atoms with Crippen molar-refractivity contribution < 1.29 is 21.1 Å². The van der Waals surface area contributed by atoms with Crippen molar-refractivity contribution >= 4 is 0 Å². The van der Waals surface area contributed by atoms with Crippen LogP contribution < -0.4 is 0 Å². The second-order valence-corrected chi connectivity index (χ2v) is 2.51. The predicted octanol–water partition coefficient (Wildman–Crippen LogP) is 3.03. The van der Waals surface area contributed by atoms with Crippen LogP contribution in [0.3, 0.4) is 0 Å². The second kappa shape index (κ2) is 8.69. The van der Waals surface area contributed by atoms with Gasteiger partial charge in [0.05, 0.1) is 0 Å². The first-order valence-electron chi connectivity index (χ1n) is 3.60. The summed E-state index contributed by atoms with van der Waals surface area (Å²) >= 11 is 0. The van der Waals surface area contributed by atoms with Gasteiger partial charge in [0.25, 0.3) is 0 Å². The monoisotopic (exact) mass is 297 g/mol. The minimum Gasteiger partial charge on any atom is -0.343 e. The number of hydrogen-bond donors (Lipinski definition) is 0. The topological polar surface area (TPSA) is 0 Å². The molecule has 56 valence electrons. The van der Waals surface area contributed by atoms with E-state index >= 15 is 0 Å². The maximum atomic E-state index is 3.79. The molecule has 0 aromatic rings. The van der Waals surface area contributed by atoms with Gasteiger partial charge >= 0.3 is 0 Å². The molecule has 0 spiro atoms. The molecule has 0 bridgehead atoms. The van der Waals surface area contributed by atoms with Crippen LogP contribution in [0.1, 0.15) is 39.5 Å². The average Bonchev–Trinajstić information content (AvgIpc) is 1.83. The summed E-state index contributed by atoms with van der Waals surface area (Å²) in [5.41, 5.74) is 0. The predicted molar refractivity (Wildman–Crippen MR) is 38.7 cm³/mol. The summed E-state index contributed by atoms with van der Waals surface area (Å²) in [6.07, 6.45) is 5.08. The molecule has 9 heavy (non-hydrogen) atoms. The average molecular weight is 297 g/mol. The van der Waals surface area contributed by atoms with Gasteiger partial charge in [0, 0.05) is 21.1 Å². The first-order chi connectivity index (χ1) is 3.81. The van der Waals surface area contributed by atoms with E-state index in [0.29, 0.717) is 0 Å². The zero-order chi connectivity index (χ0) is 6.41. The summed E-state index contributed by atoms with van der Waals surface area (Å²) in [5.74, 6) is 0.914.